The number of benzene rings is 1. The summed E-state index contributed by atoms with van der Waals surface area (Å²) >= 11 is 6.75. The van der Waals surface area contributed by atoms with Crippen molar-refractivity contribution in [1.29, 1.82) is 0 Å². The van der Waals surface area contributed by atoms with E-state index in [-0.39, 0.29) is 5.91 Å². The van der Waals surface area contributed by atoms with E-state index in [1.165, 1.54) is 0 Å². The minimum absolute atomic E-state index is 0.0853. The van der Waals surface area contributed by atoms with Gasteiger partial charge in [0.05, 0.1) is 18.3 Å². The first kappa shape index (κ1) is 17.8. The molecule has 1 aromatic carbocycles. The van der Waals surface area contributed by atoms with Crippen molar-refractivity contribution in [3.05, 3.63) is 53.3 Å². The van der Waals surface area contributed by atoms with Crippen molar-refractivity contribution in [2.45, 2.75) is 6.92 Å². The molecule has 1 amide bonds. The van der Waals surface area contributed by atoms with Crippen molar-refractivity contribution in [2.75, 3.05) is 32.8 Å². The second kappa shape index (κ2) is 7.58. The molecule has 6 nitrogen and oxygen atoms in total. The SMILES string of the molecule is CCOc1cnc2c(C(=O)N3CCNCC3)c(Cl)n(-c3ccccc3)c2c1. The topological polar surface area (TPSA) is 59.4 Å². The molecule has 0 bridgehead atoms. The van der Waals surface area contributed by atoms with Crippen LogP contribution in [-0.2, 0) is 0 Å². The number of hydrogen-bond donors (Lipinski definition) is 1. The molecular weight excluding hydrogens is 364 g/mol. The largest absolute Gasteiger partial charge is 0.492 e. The first-order valence-corrected chi connectivity index (χ1v) is 9.46. The molecule has 3 aromatic rings. The van der Waals surface area contributed by atoms with Gasteiger partial charge in [-0.15, -0.1) is 0 Å². The number of nitrogens with one attached hydrogen (secondary N) is 1. The van der Waals surface area contributed by atoms with E-state index in [1.807, 2.05) is 52.8 Å². The van der Waals surface area contributed by atoms with E-state index in [9.17, 15) is 4.79 Å². The van der Waals surface area contributed by atoms with Crippen molar-refractivity contribution in [2.24, 2.45) is 0 Å². The third-order valence-electron chi connectivity index (χ3n) is 4.67. The van der Waals surface area contributed by atoms with Crippen molar-refractivity contribution in [3.63, 3.8) is 0 Å². The summed E-state index contributed by atoms with van der Waals surface area (Å²) < 4.78 is 7.47. The maximum atomic E-state index is 13.2. The van der Waals surface area contributed by atoms with Crippen LogP contribution in [0.5, 0.6) is 5.75 Å². The molecule has 0 atom stereocenters. The number of para-hydroxylation sites is 1. The van der Waals surface area contributed by atoms with Gasteiger partial charge in [-0.25, -0.2) is 4.98 Å². The zero-order valence-corrected chi connectivity index (χ0v) is 15.9. The number of aromatic nitrogens is 2. The number of carbonyl (C=O) groups is 1. The van der Waals surface area contributed by atoms with Crippen LogP contribution in [0.15, 0.2) is 42.6 Å². The number of nitrogens with zero attached hydrogens (tertiary/aromatic N) is 3. The number of rotatable bonds is 4. The molecule has 0 spiro atoms. The molecule has 1 N–H and O–H groups in total. The Labute approximate surface area is 162 Å². The summed E-state index contributed by atoms with van der Waals surface area (Å²) in [6.07, 6.45) is 1.64. The van der Waals surface area contributed by atoms with Gasteiger partial charge in [0.25, 0.3) is 5.91 Å². The van der Waals surface area contributed by atoms with E-state index in [0.29, 0.717) is 41.7 Å². The van der Waals surface area contributed by atoms with Crippen LogP contribution >= 0.6 is 11.6 Å². The summed E-state index contributed by atoms with van der Waals surface area (Å²) in [6, 6.07) is 11.6. The molecule has 4 rings (SSSR count). The third kappa shape index (κ3) is 3.26. The van der Waals surface area contributed by atoms with Crippen LogP contribution in [0.2, 0.25) is 5.15 Å². The van der Waals surface area contributed by atoms with E-state index in [4.69, 9.17) is 16.3 Å². The number of carbonyl (C=O) groups excluding carboxylic acids is 1. The minimum atomic E-state index is -0.0853. The van der Waals surface area contributed by atoms with Gasteiger partial charge in [0.1, 0.15) is 22.0 Å². The molecular formula is C20H21ClN4O2. The quantitative estimate of drug-likeness (QED) is 0.750. The van der Waals surface area contributed by atoms with Gasteiger partial charge < -0.3 is 15.0 Å². The van der Waals surface area contributed by atoms with Gasteiger partial charge >= 0.3 is 0 Å². The first-order chi connectivity index (χ1) is 13.2. The molecule has 1 aliphatic heterocycles. The number of piperazine rings is 1. The van der Waals surface area contributed by atoms with Gasteiger partial charge in [-0.2, -0.15) is 0 Å². The van der Waals surface area contributed by atoms with Crippen LogP contribution in [0.4, 0.5) is 0 Å². The number of ether oxygens (including phenoxy) is 1. The number of amides is 1. The molecule has 3 heterocycles. The summed E-state index contributed by atoms with van der Waals surface area (Å²) in [5.74, 6) is 0.565. The molecule has 1 saturated heterocycles. The fourth-order valence-electron chi connectivity index (χ4n) is 3.40. The fourth-order valence-corrected chi connectivity index (χ4v) is 3.76. The third-order valence-corrected chi connectivity index (χ3v) is 5.02. The molecule has 140 valence electrons. The Bertz CT molecular complexity index is 965. The highest BCUT2D eigenvalue weighted by atomic mass is 35.5. The summed E-state index contributed by atoms with van der Waals surface area (Å²) in [6.45, 7) is 5.34. The highest BCUT2D eigenvalue weighted by molar-refractivity contribution is 6.35. The Morgan fingerprint density at radius 1 is 1.26 bits per heavy atom. The monoisotopic (exact) mass is 384 g/mol. The molecule has 7 heteroatoms. The van der Waals surface area contributed by atoms with E-state index < -0.39 is 0 Å². The molecule has 0 unspecified atom stereocenters. The summed E-state index contributed by atoms with van der Waals surface area (Å²) in [4.78, 5) is 19.6. The predicted molar refractivity (Wildman–Crippen MR) is 106 cm³/mol. The summed E-state index contributed by atoms with van der Waals surface area (Å²) in [7, 11) is 0. The zero-order valence-electron chi connectivity index (χ0n) is 15.1. The maximum absolute atomic E-state index is 13.2. The van der Waals surface area contributed by atoms with Gasteiger partial charge in [0.15, 0.2) is 0 Å². The molecule has 0 aliphatic carbocycles. The van der Waals surface area contributed by atoms with Gasteiger partial charge in [-0.05, 0) is 19.1 Å². The number of fused-ring (bicyclic) bond motifs is 1. The van der Waals surface area contributed by atoms with Crippen LogP contribution in [0.25, 0.3) is 16.7 Å². The number of pyridine rings is 1. The maximum Gasteiger partial charge on any atom is 0.259 e. The van der Waals surface area contributed by atoms with Gasteiger partial charge in [-0.1, -0.05) is 29.8 Å². The first-order valence-electron chi connectivity index (χ1n) is 9.09. The van der Waals surface area contributed by atoms with E-state index >= 15 is 0 Å². The van der Waals surface area contributed by atoms with Crippen LogP contribution in [0, 0.1) is 0 Å². The second-order valence-electron chi connectivity index (χ2n) is 6.35. The zero-order chi connectivity index (χ0) is 18.8. The van der Waals surface area contributed by atoms with Gasteiger partial charge in [-0.3, -0.25) is 9.36 Å². The van der Waals surface area contributed by atoms with Crippen molar-refractivity contribution in [3.8, 4) is 11.4 Å². The van der Waals surface area contributed by atoms with Crippen molar-refractivity contribution >= 4 is 28.5 Å². The minimum Gasteiger partial charge on any atom is -0.492 e. The van der Waals surface area contributed by atoms with Crippen LogP contribution in [-0.4, -0.2) is 53.1 Å². The molecule has 27 heavy (non-hydrogen) atoms. The average Bonchev–Trinajstić information content (AvgIpc) is 3.00. The van der Waals surface area contributed by atoms with E-state index in [2.05, 4.69) is 10.3 Å². The predicted octanol–water partition coefficient (Wildman–Crippen LogP) is 3.12. The Hall–Kier alpha value is -2.57. The van der Waals surface area contributed by atoms with Crippen LogP contribution in [0.1, 0.15) is 17.3 Å². The molecule has 2 aromatic heterocycles. The molecule has 0 saturated carbocycles. The second-order valence-corrected chi connectivity index (χ2v) is 6.71. The van der Waals surface area contributed by atoms with Crippen LogP contribution in [0.3, 0.4) is 0 Å². The lowest BCUT2D eigenvalue weighted by molar-refractivity contribution is 0.0737. The number of halogens is 1. The van der Waals surface area contributed by atoms with Gasteiger partial charge in [0, 0.05) is 37.9 Å². The van der Waals surface area contributed by atoms with Crippen molar-refractivity contribution < 1.29 is 9.53 Å². The lowest BCUT2D eigenvalue weighted by Gasteiger charge is -2.27. The fraction of sp³-hybridized carbons (Fsp3) is 0.300. The Morgan fingerprint density at radius 3 is 2.70 bits per heavy atom. The molecule has 1 aliphatic rings. The molecule has 0 radical (unpaired) electrons. The standard InChI is InChI=1S/C20H21ClN4O2/c1-2-27-15-12-16-18(23-13-15)17(20(26)24-10-8-22-9-11-24)19(21)25(16)14-6-4-3-5-7-14/h3-7,12-13,22H,2,8-11H2,1H3. The molecule has 1 fully saturated rings. The number of hydrogen-bond acceptors (Lipinski definition) is 4. The van der Waals surface area contributed by atoms with Gasteiger partial charge in [0.2, 0.25) is 0 Å². The summed E-state index contributed by atoms with van der Waals surface area (Å²) in [5.41, 5.74) is 2.68. The normalized spacial score (nSPS) is 14.5. The Kier molecular flexibility index (Phi) is 5.01. The van der Waals surface area contributed by atoms with E-state index in [1.54, 1.807) is 6.20 Å². The van der Waals surface area contributed by atoms with Crippen LogP contribution < -0.4 is 10.1 Å². The highest BCUT2D eigenvalue weighted by Gasteiger charge is 2.28. The Balaban J connectivity index is 1.91. The van der Waals surface area contributed by atoms with E-state index in [0.717, 1.165) is 24.3 Å². The average molecular weight is 385 g/mol. The smallest absolute Gasteiger partial charge is 0.259 e. The lowest BCUT2D eigenvalue weighted by Crippen LogP contribution is -2.46. The summed E-state index contributed by atoms with van der Waals surface area (Å²) in [5, 5.41) is 3.64. The highest BCUT2D eigenvalue weighted by Crippen LogP contribution is 2.34. The lowest BCUT2D eigenvalue weighted by atomic mass is 10.2. The Morgan fingerprint density at radius 2 is 2.00 bits per heavy atom. The van der Waals surface area contributed by atoms with Crippen molar-refractivity contribution in [1.82, 2.24) is 19.8 Å².